The van der Waals surface area contributed by atoms with E-state index in [4.69, 9.17) is 5.84 Å². The summed E-state index contributed by atoms with van der Waals surface area (Å²) in [5.74, 6) is 5.53. The Kier molecular flexibility index (Phi) is 5.28. The van der Waals surface area contributed by atoms with E-state index in [9.17, 15) is 0 Å². The average molecular weight is 157 g/mol. The lowest BCUT2D eigenvalue weighted by Gasteiger charge is -2.11. The van der Waals surface area contributed by atoms with Crippen molar-refractivity contribution in [2.45, 2.75) is 6.92 Å². The number of nitrogens with zero attached hydrogens (tertiary/aromatic N) is 4. The van der Waals surface area contributed by atoms with E-state index in [1.54, 1.807) is 7.05 Å². The molecule has 0 heterocycles. The van der Waals surface area contributed by atoms with E-state index in [0.29, 0.717) is 12.4 Å². The van der Waals surface area contributed by atoms with Gasteiger partial charge in [-0.3, -0.25) is 9.89 Å². The predicted octanol–water partition coefficient (Wildman–Crippen LogP) is 0.292. The lowest BCUT2D eigenvalue weighted by atomic mass is 10.5. The molecule has 0 aliphatic heterocycles. The molecule has 11 heavy (non-hydrogen) atoms. The van der Waals surface area contributed by atoms with Gasteiger partial charge in [-0.2, -0.15) is 0 Å². The second-order valence-electron chi connectivity index (χ2n) is 2.19. The third-order valence-electron chi connectivity index (χ3n) is 1.38. The molecular weight excluding hydrogens is 142 g/mol. The molecule has 5 heteroatoms. The molecule has 0 spiro atoms. The van der Waals surface area contributed by atoms with Gasteiger partial charge in [-0.1, -0.05) is 12.1 Å². The SMILES string of the molecule is CCN(C)CC(N=NN)=NC. The zero-order valence-electron chi connectivity index (χ0n) is 7.28. The number of hydrogen-bond donors (Lipinski definition) is 1. The van der Waals surface area contributed by atoms with Crippen molar-refractivity contribution in [2.24, 2.45) is 21.2 Å². The van der Waals surface area contributed by atoms with Gasteiger partial charge in [0.15, 0.2) is 5.84 Å². The molecule has 5 nitrogen and oxygen atoms in total. The third kappa shape index (κ3) is 4.44. The van der Waals surface area contributed by atoms with Crippen LogP contribution in [0.25, 0.3) is 0 Å². The number of hydrogen-bond acceptors (Lipinski definition) is 3. The van der Waals surface area contributed by atoms with Crippen LogP contribution in [0.15, 0.2) is 15.3 Å². The van der Waals surface area contributed by atoms with E-state index in [1.807, 2.05) is 7.05 Å². The minimum Gasteiger partial charge on any atom is -0.305 e. The Balaban J connectivity index is 3.89. The summed E-state index contributed by atoms with van der Waals surface area (Å²) in [6, 6.07) is 0. The van der Waals surface area contributed by atoms with Gasteiger partial charge in [-0.25, -0.2) is 0 Å². The highest BCUT2D eigenvalue weighted by molar-refractivity contribution is 5.84. The first kappa shape index (κ1) is 10.0. The molecule has 0 aromatic heterocycles. The second-order valence-corrected chi connectivity index (χ2v) is 2.19. The fourth-order valence-electron chi connectivity index (χ4n) is 0.567. The Hall–Kier alpha value is -0.970. The van der Waals surface area contributed by atoms with Crippen LogP contribution >= 0.6 is 0 Å². The van der Waals surface area contributed by atoms with E-state index >= 15 is 0 Å². The highest BCUT2D eigenvalue weighted by Gasteiger charge is 1.99. The van der Waals surface area contributed by atoms with Crippen molar-refractivity contribution in [3.05, 3.63) is 0 Å². The smallest absolute Gasteiger partial charge is 0.161 e. The molecule has 64 valence electrons. The van der Waals surface area contributed by atoms with Gasteiger partial charge in [0.2, 0.25) is 0 Å². The van der Waals surface area contributed by atoms with Crippen molar-refractivity contribution in [3.63, 3.8) is 0 Å². The summed E-state index contributed by atoms with van der Waals surface area (Å²) < 4.78 is 0. The fourth-order valence-corrected chi connectivity index (χ4v) is 0.567. The van der Waals surface area contributed by atoms with Crippen molar-refractivity contribution in [2.75, 3.05) is 27.2 Å². The van der Waals surface area contributed by atoms with Crippen LogP contribution in [0.4, 0.5) is 0 Å². The molecule has 0 unspecified atom stereocenters. The fraction of sp³-hybridized carbons (Fsp3) is 0.833. The molecule has 0 radical (unpaired) electrons. The first-order valence-corrected chi connectivity index (χ1v) is 3.49. The molecule has 0 rings (SSSR count). The number of amidine groups is 1. The largest absolute Gasteiger partial charge is 0.305 e. The van der Waals surface area contributed by atoms with E-state index in [-0.39, 0.29) is 0 Å². The molecular formula is C6H15N5. The number of rotatable bonds is 3. The van der Waals surface area contributed by atoms with Gasteiger partial charge in [-0.15, -0.1) is 5.11 Å². The molecule has 0 atom stereocenters. The molecule has 0 aliphatic carbocycles. The van der Waals surface area contributed by atoms with E-state index in [1.165, 1.54) is 0 Å². The minimum atomic E-state index is 0.650. The summed E-state index contributed by atoms with van der Waals surface area (Å²) >= 11 is 0. The van der Waals surface area contributed by atoms with E-state index < -0.39 is 0 Å². The highest BCUT2D eigenvalue weighted by Crippen LogP contribution is 1.86. The molecule has 0 amide bonds. The van der Waals surface area contributed by atoms with Crippen LogP contribution in [0, 0.1) is 0 Å². The predicted molar refractivity (Wildman–Crippen MR) is 45.6 cm³/mol. The van der Waals surface area contributed by atoms with Crippen molar-refractivity contribution < 1.29 is 0 Å². The summed E-state index contributed by atoms with van der Waals surface area (Å²) in [5, 5.41) is 6.80. The molecule has 0 fully saturated rings. The Morgan fingerprint density at radius 1 is 1.55 bits per heavy atom. The van der Waals surface area contributed by atoms with Gasteiger partial charge in [0.05, 0.1) is 6.54 Å². The van der Waals surface area contributed by atoms with Gasteiger partial charge in [0.25, 0.3) is 0 Å². The first-order valence-electron chi connectivity index (χ1n) is 3.49. The van der Waals surface area contributed by atoms with Gasteiger partial charge in [0, 0.05) is 7.05 Å². The maximum absolute atomic E-state index is 4.88. The van der Waals surface area contributed by atoms with Crippen LogP contribution in [0.3, 0.4) is 0 Å². The Morgan fingerprint density at radius 3 is 2.55 bits per heavy atom. The van der Waals surface area contributed by atoms with Crippen LogP contribution < -0.4 is 5.84 Å². The van der Waals surface area contributed by atoms with Crippen LogP contribution in [0.5, 0.6) is 0 Å². The third-order valence-corrected chi connectivity index (χ3v) is 1.38. The van der Waals surface area contributed by atoms with Crippen molar-refractivity contribution in [1.82, 2.24) is 4.90 Å². The Bertz CT molecular complexity index is 151. The molecule has 0 aromatic rings. The summed E-state index contributed by atoms with van der Waals surface area (Å²) in [6.45, 7) is 3.71. The van der Waals surface area contributed by atoms with Gasteiger partial charge in [-0.05, 0) is 13.6 Å². The van der Waals surface area contributed by atoms with Gasteiger partial charge in [0.1, 0.15) is 0 Å². The summed E-state index contributed by atoms with van der Waals surface area (Å²) in [5.41, 5.74) is 0. The standard InChI is InChI=1S/C6H15N5/c1-4-11(3)5-6(8-2)9-10-7/h4-5H2,1-3H3,(H2,7,8,9). The van der Waals surface area contributed by atoms with Gasteiger partial charge < -0.3 is 5.84 Å². The number of nitrogens with two attached hydrogens (primary N) is 1. The molecule has 0 bridgehead atoms. The van der Waals surface area contributed by atoms with Crippen LogP contribution in [0.2, 0.25) is 0 Å². The summed E-state index contributed by atoms with van der Waals surface area (Å²) in [6.07, 6.45) is 0. The molecule has 2 N–H and O–H groups in total. The molecule has 0 aromatic carbocycles. The lowest BCUT2D eigenvalue weighted by Crippen LogP contribution is -2.24. The average Bonchev–Trinajstić information content (AvgIpc) is 2.03. The van der Waals surface area contributed by atoms with Crippen molar-refractivity contribution in [1.29, 1.82) is 0 Å². The summed E-state index contributed by atoms with van der Waals surface area (Å²) in [7, 11) is 3.66. The molecule has 0 aliphatic rings. The van der Waals surface area contributed by atoms with Crippen LogP contribution in [-0.4, -0.2) is 37.9 Å². The van der Waals surface area contributed by atoms with Crippen LogP contribution in [0.1, 0.15) is 6.92 Å². The maximum atomic E-state index is 4.88. The first-order chi connectivity index (χ1) is 5.24. The van der Waals surface area contributed by atoms with Gasteiger partial charge >= 0.3 is 0 Å². The quantitative estimate of drug-likeness (QED) is 0.210. The normalized spacial score (nSPS) is 13.3. The van der Waals surface area contributed by atoms with E-state index in [0.717, 1.165) is 6.54 Å². The monoisotopic (exact) mass is 157 g/mol. The highest BCUT2D eigenvalue weighted by atomic mass is 15.3. The topological polar surface area (TPSA) is 66.3 Å². The van der Waals surface area contributed by atoms with Crippen molar-refractivity contribution >= 4 is 5.84 Å². The van der Waals surface area contributed by atoms with E-state index in [2.05, 4.69) is 27.2 Å². The Labute approximate surface area is 67.0 Å². The number of likely N-dealkylation sites (N-methyl/N-ethyl adjacent to an activating group) is 1. The zero-order chi connectivity index (χ0) is 8.69. The minimum absolute atomic E-state index is 0.650. The molecule has 0 saturated carbocycles. The number of aliphatic imine (C=N–C) groups is 1. The summed E-state index contributed by atoms with van der Waals surface area (Å²) in [4.78, 5) is 5.97. The Morgan fingerprint density at radius 2 is 2.18 bits per heavy atom. The lowest BCUT2D eigenvalue weighted by molar-refractivity contribution is 0.402. The maximum Gasteiger partial charge on any atom is 0.161 e. The molecule has 0 saturated heterocycles. The second kappa shape index (κ2) is 5.79. The zero-order valence-corrected chi connectivity index (χ0v) is 7.28. The van der Waals surface area contributed by atoms with Crippen LogP contribution in [-0.2, 0) is 0 Å². The van der Waals surface area contributed by atoms with Crippen molar-refractivity contribution in [3.8, 4) is 0 Å².